The summed E-state index contributed by atoms with van der Waals surface area (Å²) in [6.07, 6.45) is 9.46. The lowest BCUT2D eigenvalue weighted by Crippen LogP contribution is -2.28. The summed E-state index contributed by atoms with van der Waals surface area (Å²) in [5, 5.41) is -0.300. The van der Waals surface area contributed by atoms with Gasteiger partial charge in [-0.25, -0.2) is 0 Å². The minimum Gasteiger partial charge on any atom is -0.372 e. The van der Waals surface area contributed by atoms with Crippen LogP contribution in [0.1, 0.15) is 24.0 Å². The van der Waals surface area contributed by atoms with Crippen LogP contribution in [0.25, 0.3) is 6.08 Å². The monoisotopic (exact) mass is 326 g/mol. The fourth-order valence-corrected chi connectivity index (χ4v) is 3.69. The van der Waals surface area contributed by atoms with E-state index in [9.17, 15) is 9.59 Å². The molecule has 2 aliphatic rings. The predicted molar refractivity (Wildman–Crippen MR) is 94.1 cm³/mol. The van der Waals surface area contributed by atoms with Crippen LogP contribution in [0.3, 0.4) is 0 Å². The Labute approximate surface area is 140 Å². The number of amides is 2. The molecule has 0 unspecified atom stereocenters. The summed E-state index contributed by atoms with van der Waals surface area (Å²) in [6.45, 7) is 4.25. The summed E-state index contributed by atoms with van der Waals surface area (Å²) in [5.74, 6) is 2.04. The number of terminal acetylenes is 1. The van der Waals surface area contributed by atoms with E-state index in [1.807, 2.05) is 13.0 Å². The van der Waals surface area contributed by atoms with Crippen LogP contribution in [0, 0.1) is 19.3 Å². The second-order valence-electron chi connectivity index (χ2n) is 5.71. The molecular weight excluding hydrogens is 308 g/mol. The van der Waals surface area contributed by atoms with Crippen molar-refractivity contribution in [2.24, 2.45) is 0 Å². The van der Waals surface area contributed by atoms with E-state index in [1.54, 1.807) is 6.08 Å². The first-order chi connectivity index (χ1) is 11.1. The lowest BCUT2D eigenvalue weighted by Gasteiger charge is -2.18. The Hall–Kier alpha value is -2.19. The molecule has 5 heteroatoms. The fourth-order valence-electron chi connectivity index (χ4n) is 2.86. The number of carbonyl (C=O) groups is 2. The van der Waals surface area contributed by atoms with Crippen molar-refractivity contribution in [3.8, 4) is 12.3 Å². The summed E-state index contributed by atoms with van der Waals surface area (Å²) < 4.78 is 0. The lowest BCUT2D eigenvalue weighted by atomic mass is 10.1. The van der Waals surface area contributed by atoms with E-state index in [4.69, 9.17) is 6.42 Å². The van der Waals surface area contributed by atoms with Crippen LogP contribution in [0.2, 0.25) is 0 Å². The molecule has 1 aromatic rings. The molecule has 2 aliphatic heterocycles. The molecule has 2 fully saturated rings. The van der Waals surface area contributed by atoms with Crippen LogP contribution in [0.4, 0.5) is 10.5 Å². The molecule has 2 saturated heterocycles. The molecule has 118 valence electrons. The third-order valence-electron chi connectivity index (χ3n) is 4.13. The molecule has 2 amide bonds. The van der Waals surface area contributed by atoms with Crippen molar-refractivity contribution >= 4 is 34.7 Å². The third kappa shape index (κ3) is 3.13. The van der Waals surface area contributed by atoms with E-state index in [1.165, 1.54) is 18.5 Å². The Morgan fingerprint density at radius 3 is 2.70 bits per heavy atom. The maximum absolute atomic E-state index is 12.2. The van der Waals surface area contributed by atoms with E-state index in [0.29, 0.717) is 4.91 Å². The van der Waals surface area contributed by atoms with Crippen molar-refractivity contribution in [3.05, 3.63) is 34.2 Å². The normalized spacial score (nSPS) is 19.7. The van der Waals surface area contributed by atoms with E-state index in [2.05, 4.69) is 23.0 Å². The van der Waals surface area contributed by atoms with E-state index in [0.717, 1.165) is 40.9 Å². The van der Waals surface area contributed by atoms with Gasteiger partial charge < -0.3 is 4.90 Å². The maximum Gasteiger partial charge on any atom is 0.294 e. The molecule has 0 aromatic heterocycles. The van der Waals surface area contributed by atoms with Crippen LogP contribution < -0.4 is 4.90 Å². The van der Waals surface area contributed by atoms with Crippen LogP contribution in [-0.2, 0) is 4.79 Å². The number of aryl methyl sites for hydroxylation is 1. The highest BCUT2D eigenvalue weighted by atomic mass is 32.2. The average Bonchev–Trinajstić information content (AvgIpc) is 3.14. The zero-order chi connectivity index (χ0) is 16.4. The number of nitrogens with zero attached hydrogens (tertiary/aromatic N) is 2. The number of hydrogen-bond acceptors (Lipinski definition) is 4. The molecule has 4 nitrogen and oxygen atoms in total. The summed E-state index contributed by atoms with van der Waals surface area (Å²) in [5.41, 5.74) is 3.27. The van der Waals surface area contributed by atoms with Gasteiger partial charge in [-0.1, -0.05) is 12.0 Å². The molecule has 0 bridgehead atoms. The van der Waals surface area contributed by atoms with Gasteiger partial charge in [0.2, 0.25) is 0 Å². The summed E-state index contributed by atoms with van der Waals surface area (Å²) in [7, 11) is 0. The van der Waals surface area contributed by atoms with Crippen LogP contribution in [-0.4, -0.2) is 35.7 Å². The highest BCUT2D eigenvalue weighted by Crippen LogP contribution is 2.33. The highest BCUT2D eigenvalue weighted by Gasteiger charge is 2.34. The van der Waals surface area contributed by atoms with Crippen molar-refractivity contribution in [3.63, 3.8) is 0 Å². The van der Waals surface area contributed by atoms with Crippen molar-refractivity contribution in [2.75, 3.05) is 24.5 Å². The Bertz CT molecular complexity index is 727. The first-order valence-corrected chi connectivity index (χ1v) is 8.46. The zero-order valence-electron chi connectivity index (χ0n) is 13.0. The number of carbonyl (C=O) groups excluding carboxylic acids is 2. The number of anilines is 1. The lowest BCUT2D eigenvalue weighted by molar-refractivity contribution is -0.122. The molecule has 0 aliphatic carbocycles. The molecule has 0 N–H and O–H groups in total. The summed E-state index contributed by atoms with van der Waals surface area (Å²) in [6, 6.07) is 6.23. The minimum absolute atomic E-state index is 0.0227. The molecule has 0 saturated carbocycles. The molecule has 3 rings (SSSR count). The Morgan fingerprint density at radius 2 is 2.04 bits per heavy atom. The molecule has 0 spiro atoms. The van der Waals surface area contributed by atoms with Gasteiger partial charge in [0.25, 0.3) is 11.1 Å². The number of rotatable bonds is 3. The average molecular weight is 326 g/mol. The minimum atomic E-state index is -0.305. The van der Waals surface area contributed by atoms with Gasteiger partial charge in [0.1, 0.15) is 0 Å². The van der Waals surface area contributed by atoms with Gasteiger partial charge in [-0.2, -0.15) is 0 Å². The Morgan fingerprint density at radius 1 is 1.30 bits per heavy atom. The number of imide groups is 1. The quantitative estimate of drug-likeness (QED) is 0.631. The predicted octanol–water partition coefficient (Wildman–Crippen LogP) is 3.26. The Balaban J connectivity index is 1.84. The van der Waals surface area contributed by atoms with Gasteiger partial charge in [0, 0.05) is 18.8 Å². The SMILES string of the molecule is C#CCN1C(=O)SC(=Cc2ccc(N3CCCC3)cc2C)C1=O. The number of hydrogen-bond donors (Lipinski definition) is 0. The van der Waals surface area contributed by atoms with Gasteiger partial charge in [-0.15, -0.1) is 6.42 Å². The first kappa shape index (κ1) is 15.7. The molecule has 0 atom stereocenters. The molecule has 1 aromatic carbocycles. The van der Waals surface area contributed by atoms with Gasteiger partial charge >= 0.3 is 0 Å². The summed E-state index contributed by atoms with van der Waals surface area (Å²) in [4.78, 5) is 27.9. The smallest absolute Gasteiger partial charge is 0.294 e. The maximum atomic E-state index is 12.2. The van der Waals surface area contributed by atoms with Crippen LogP contribution in [0.15, 0.2) is 23.1 Å². The Kier molecular flexibility index (Phi) is 4.44. The van der Waals surface area contributed by atoms with Crippen molar-refractivity contribution < 1.29 is 9.59 Å². The van der Waals surface area contributed by atoms with Crippen molar-refractivity contribution in [1.82, 2.24) is 4.90 Å². The molecule has 23 heavy (non-hydrogen) atoms. The van der Waals surface area contributed by atoms with Gasteiger partial charge in [-0.05, 0) is 60.9 Å². The molecule has 2 heterocycles. The molecule has 0 radical (unpaired) electrons. The number of thioether (sulfide) groups is 1. The van der Waals surface area contributed by atoms with Gasteiger partial charge in [0.05, 0.1) is 11.4 Å². The molecular formula is C18H18N2O2S. The second-order valence-corrected chi connectivity index (χ2v) is 6.70. The highest BCUT2D eigenvalue weighted by molar-refractivity contribution is 8.18. The van der Waals surface area contributed by atoms with Crippen molar-refractivity contribution in [1.29, 1.82) is 0 Å². The third-order valence-corrected chi connectivity index (χ3v) is 5.04. The van der Waals surface area contributed by atoms with E-state index >= 15 is 0 Å². The van der Waals surface area contributed by atoms with E-state index in [-0.39, 0.29) is 17.7 Å². The topological polar surface area (TPSA) is 40.6 Å². The van der Waals surface area contributed by atoms with Crippen LogP contribution in [0.5, 0.6) is 0 Å². The largest absolute Gasteiger partial charge is 0.372 e. The van der Waals surface area contributed by atoms with E-state index < -0.39 is 0 Å². The zero-order valence-corrected chi connectivity index (χ0v) is 13.9. The van der Waals surface area contributed by atoms with Crippen LogP contribution >= 0.6 is 11.8 Å². The number of benzene rings is 1. The standard InChI is InChI=1S/C18H18N2O2S/c1-3-8-20-17(21)16(23-18(20)22)12-14-6-7-15(11-13(14)2)19-9-4-5-10-19/h1,6-7,11-12H,4-5,8-10H2,2H3. The summed E-state index contributed by atoms with van der Waals surface area (Å²) >= 11 is 0.947. The van der Waals surface area contributed by atoms with Gasteiger partial charge in [0.15, 0.2) is 0 Å². The van der Waals surface area contributed by atoms with Crippen molar-refractivity contribution in [2.45, 2.75) is 19.8 Å². The second kappa shape index (κ2) is 6.51. The van der Waals surface area contributed by atoms with Gasteiger partial charge in [-0.3, -0.25) is 14.5 Å². The fraction of sp³-hybridized carbons (Fsp3) is 0.333. The first-order valence-electron chi connectivity index (χ1n) is 7.64.